The summed E-state index contributed by atoms with van der Waals surface area (Å²) in [4.78, 5) is 28.0. The summed E-state index contributed by atoms with van der Waals surface area (Å²) < 4.78 is 2.13. The molecule has 1 aromatic heterocycles. The summed E-state index contributed by atoms with van der Waals surface area (Å²) >= 11 is 18.6. The molecule has 0 atom stereocenters. The highest BCUT2D eigenvalue weighted by Crippen LogP contribution is 2.31. The predicted octanol–water partition coefficient (Wildman–Crippen LogP) is 6.91. The number of fused-ring (bicyclic) bond motifs is 2. The molecule has 5 rings (SSSR count). The van der Waals surface area contributed by atoms with Gasteiger partial charge in [0, 0.05) is 34.8 Å². The Kier molecular flexibility index (Phi) is 6.09. The van der Waals surface area contributed by atoms with Crippen LogP contribution >= 0.6 is 34.8 Å². The van der Waals surface area contributed by atoms with Crippen LogP contribution in [-0.4, -0.2) is 16.4 Å². The van der Waals surface area contributed by atoms with Crippen molar-refractivity contribution in [1.82, 2.24) is 4.57 Å². The Hall–Kier alpha value is -3.25. The normalized spacial score (nSPS) is 12.5. The van der Waals surface area contributed by atoms with Gasteiger partial charge in [-0.3, -0.25) is 9.59 Å². The van der Waals surface area contributed by atoms with Crippen LogP contribution in [0.1, 0.15) is 32.0 Å². The Bertz CT molecular complexity index is 1430. The SMILES string of the molecule is O=C(Nc1ccc(C(=O)N2Cc3cccn3Cc3ccccc32)c(Cl)c1)c1ccc(Cl)cc1Cl. The van der Waals surface area contributed by atoms with Gasteiger partial charge in [0.1, 0.15) is 0 Å². The van der Waals surface area contributed by atoms with E-state index < -0.39 is 5.91 Å². The summed E-state index contributed by atoms with van der Waals surface area (Å²) in [5.41, 5.74) is 4.00. The van der Waals surface area contributed by atoms with Crippen molar-refractivity contribution < 1.29 is 9.59 Å². The lowest BCUT2D eigenvalue weighted by molar-refractivity contribution is 0.0984. The number of amides is 2. The molecule has 0 bridgehead atoms. The number of halogens is 3. The van der Waals surface area contributed by atoms with E-state index in [9.17, 15) is 9.59 Å². The minimum absolute atomic E-state index is 0.217. The molecule has 0 spiro atoms. The molecule has 34 heavy (non-hydrogen) atoms. The average molecular weight is 511 g/mol. The first-order valence-corrected chi connectivity index (χ1v) is 11.6. The lowest BCUT2D eigenvalue weighted by Gasteiger charge is -2.23. The number of para-hydroxylation sites is 1. The van der Waals surface area contributed by atoms with Crippen molar-refractivity contribution in [3.05, 3.63) is 116 Å². The first kappa shape index (κ1) is 22.5. The summed E-state index contributed by atoms with van der Waals surface area (Å²) in [5.74, 6) is -0.621. The Balaban J connectivity index is 1.42. The second-order valence-corrected chi connectivity index (χ2v) is 9.17. The molecule has 1 aliphatic heterocycles. The number of benzene rings is 3. The van der Waals surface area contributed by atoms with Gasteiger partial charge in [-0.25, -0.2) is 0 Å². The fraction of sp³-hybridized carbons (Fsp3) is 0.0769. The number of anilines is 2. The van der Waals surface area contributed by atoms with Crippen molar-refractivity contribution in [1.29, 1.82) is 0 Å². The third-order valence-corrected chi connectivity index (χ3v) is 6.61. The number of nitrogens with one attached hydrogen (secondary N) is 1. The molecule has 5 nitrogen and oxygen atoms in total. The second-order valence-electron chi connectivity index (χ2n) is 7.92. The lowest BCUT2D eigenvalue weighted by atomic mass is 10.1. The maximum Gasteiger partial charge on any atom is 0.260 e. The molecule has 2 amide bonds. The van der Waals surface area contributed by atoms with Gasteiger partial charge in [0.15, 0.2) is 0 Å². The van der Waals surface area contributed by atoms with Crippen molar-refractivity contribution in [3.8, 4) is 0 Å². The topological polar surface area (TPSA) is 54.3 Å². The van der Waals surface area contributed by atoms with Crippen LogP contribution in [-0.2, 0) is 13.1 Å². The van der Waals surface area contributed by atoms with Crippen LogP contribution < -0.4 is 10.2 Å². The van der Waals surface area contributed by atoms with Gasteiger partial charge >= 0.3 is 0 Å². The smallest absolute Gasteiger partial charge is 0.260 e. The number of carbonyl (C=O) groups excluding carboxylic acids is 2. The molecule has 0 radical (unpaired) electrons. The first-order valence-electron chi connectivity index (χ1n) is 10.5. The molecular formula is C26H18Cl3N3O2. The van der Waals surface area contributed by atoms with Gasteiger partial charge in [-0.15, -0.1) is 0 Å². The molecule has 0 saturated carbocycles. The molecule has 1 N–H and O–H groups in total. The Morgan fingerprint density at radius 1 is 0.794 bits per heavy atom. The molecule has 0 saturated heterocycles. The molecule has 1 aliphatic rings. The molecule has 0 fully saturated rings. The first-order chi connectivity index (χ1) is 16.4. The number of hydrogen-bond donors (Lipinski definition) is 1. The van der Waals surface area contributed by atoms with Crippen molar-refractivity contribution >= 4 is 58.0 Å². The fourth-order valence-electron chi connectivity index (χ4n) is 4.05. The molecule has 3 aromatic carbocycles. The molecule has 4 aromatic rings. The van der Waals surface area contributed by atoms with Crippen molar-refractivity contribution in [2.45, 2.75) is 13.1 Å². The molecule has 0 unspecified atom stereocenters. The van der Waals surface area contributed by atoms with Crippen LogP contribution in [0.2, 0.25) is 15.1 Å². The van der Waals surface area contributed by atoms with E-state index in [2.05, 4.69) is 9.88 Å². The van der Waals surface area contributed by atoms with Crippen molar-refractivity contribution in [3.63, 3.8) is 0 Å². The number of hydrogen-bond acceptors (Lipinski definition) is 2. The largest absolute Gasteiger partial charge is 0.345 e. The third-order valence-electron chi connectivity index (χ3n) is 5.75. The quantitative estimate of drug-likeness (QED) is 0.326. The van der Waals surface area contributed by atoms with Crippen molar-refractivity contribution in [2.75, 3.05) is 10.2 Å². The van der Waals surface area contributed by atoms with Crippen LogP contribution in [0.25, 0.3) is 0 Å². The molecule has 0 aliphatic carbocycles. The van der Waals surface area contributed by atoms with Crippen molar-refractivity contribution in [2.24, 2.45) is 0 Å². The monoisotopic (exact) mass is 509 g/mol. The number of rotatable bonds is 3. The predicted molar refractivity (Wildman–Crippen MR) is 136 cm³/mol. The summed E-state index contributed by atoms with van der Waals surface area (Å²) in [7, 11) is 0. The minimum atomic E-state index is -0.404. The Morgan fingerprint density at radius 2 is 1.56 bits per heavy atom. The van der Waals surface area contributed by atoms with E-state index in [1.807, 2.05) is 42.6 Å². The van der Waals surface area contributed by atoms with Crippen LogP contribution in [0.4, 0.5) is 11.4 Å². The van der Waals surface area contributed by atoms with E-state index in [4.69, 9.17) is 34.8 Å². The van der Waals surface area contributed by atoms with Crippen LogP contribution in [0.3, 0.4) is 0 Å². The Morgan fingerprint density at radius 3 is 2.35 bits per heavy atom. The summed E-state index contributed by atoms with van der Waals surface area (Å²) in [5, 5.41) is 3.68. The van der Waals surface area contributed by atoms with Gasteiger partial charge in [0.25, 0.3) is 11.8 Å². The zero-order valence-electron chi connectivity index (χ0n) is 17.8. The highest BCUT2D eigenvalue weighted by atomic mass is 35.5. The summed E-state index contributed by atoms with van der Waals surface area (Å²) in [6.45, 7) is 1.11. The van der Waals surface area contributed by atoms with Gasteiger partial charge in [0.05, 0.1) is 27.7 Å². The standard InChI is InChI=1S/C26H18Cl3N3O2/c27-17-7-9-20(22(28)12-17)25(33)30-18-8-10-21(23(29)13-18)26(34)32-15-19-5-3-11-31(19)14-16-4-1-2-6-24(16)32/h1-13H,14-15H2,(H,30,33). The van der Waals surface area contributed by atoms with Crippen LogP contribution in [0.15, 0.2) is 79.0 Å². The van der Waals surface area contributed by atoms with Crippen LogP contribution in [0.5, 0.6) is 0 Å². The number of nitrogens with zero attached hydrogens (tertiary/aromatic N) is 2. The van der Waals surface area contributed by atoms with Gasteiger partial charge in [-0.1, -0.05) is 53.0 Å². The van der Waals surface area contributed by atoms with E-state index in [0.717, 1.165) is 16.9 Å². The van der Waals surface area contributed by atoms with E-state index in [0.29, 0.717) is 29.4 Å². The molecular weight excluding hydrogens is 493 g/mol. The average Bonchev–Trinajstić information content (AvgIpc) is 3.17. The minimum Gasteiger partial charge on any atom is -0.345 e. The van der Waals surface area contributed by atoms with Gasteiger partial charge < -0.3 is 14.8 Å². The van der Waals surface area contributed by atoms with E-state index in [1.54, 1.807) is 35.2 Å². The summed E-state index contributed by atoms with van der Waals surface area (Å²) in [6, 6.07) is 21.3. The second kappa shape index (κ2) is 9.18. The zero-order chi connectivity index (χ0) is 23.8. The highest BCUT2D eigenvalue weighted by Gasteiger charge is 2.26. The maximum atomic E-state index is 13.6. The van der Waals surface area contributed by atoms with Gasteiger partial charge in [-0.2, -0.15) is 0 Å². The van der Waals surface area contributed by atoms with Gasteiger partial charge in [-0.05, 0) is 60.2 Å². The van der Waals surface area contributed by atoms with E-state index in [1.165, 1.54) is 6.07 Å². The number of carbonyl (C=O) groups is 2. The lowest BCUT2D eigenvalue weighted by Crippen LogP contribution is -2.30. The molecule has 8 heteroatoms. The molecule has 170 valence electrons. The summed E-state index contributed by atoms with van der Waals surface area (Å²) in [6.07, 6.45) is 2.01. The van der Waals surface area contributed by atoms with E-state index >= 15 is 0 Å². The van der Waals surface area contributed by atoms with Crippen LogP contribution in [0, 0.1) is 0 Å². The maximum absolute atomic E-state index is 13.6. The van der Waals surface area contributed by atoms with Gasteiger partial charge in [0.2, 0.25) is 0 Å². The number of aromatic nitrogens is 1. The highest BCUT2D eigenvalue weighted by molar-refractivity contribution is 6.37. The third kappa shape index (κ3) is 4.30. The Labute approximate surface area is 211 Å². The van der Waals surface area contributed by atoms with E-state index in [-0.39, 0.29) is 21.5 Å². The molecule has 2 heterocycles. The zero-order valence-corrected chi connectivity index (χ0v) is 20.0. The fourth-order valence-corrected chi connectivity index (χ4v) is 4.81.